The molecule has 1 fully saturated rings. The first-order chi connectivity index (χ1) is 12.0. The van der Waals surface area contributed by atoms with E-state index >= 15 is 0 Å². The fraction of sp³-hybridized carbons (Fsp3) is 0.538. The van der Waals surface area contributed by atoms with Gasteiger partial charge < -0.3 is 30.3 Å². The molecule has 0 spiro atoms. The number of aromatic nitrogens is 2. The van der Waals surface area contributed by atoms with Gasteiger partial charge in [-0.1, -0.05) is 6.08 Å². The molecule has 25 heavy (non-hydrogen) atoms. The zero-order chi connectivity index (χ0) is 18.1. The summed E-state index contributed by atoms with van der Waals surface area (Å²) in [4.78, 5) is 32.6. The molecule has 12 heteroatoms. The van der Waals surface area contributed by atoms with Crippen LogP contribution in [0, 0.1) is 0 Å². The molecule has 1 aromatic rings. The Morgan fingerprint density at radius 1 is 1.56 bits per heavy atom. The molecular weight excluding hydrogens is 357 g/mol. The third kappa shape index (κ3) is 3.46. The lowest BCUT2D eigenvalue weighted by Crippen LogP contribution is -2.35. The molecule has 3 rings (SSSR count). The molecular formula is C13H18N3O8P. The van der Waals surface area contributed by atoms with Crippen molar-refractivity contribution in [3.05, 3.63) is 27.7 Å². The van der Waals surface area contributed by atoms with Gasteiger partial charge in [0.1, 0.15) is 24.7 Å². The molecule has 1 saturated heterocycles. The van der Waals surface area contributed by atoms with Gasteiger partial charge >= 0.3 is 0 Å². The Morgan fingerprint density at radius 3 is 3.00 bits per heavy atom. The fourth-order valence-corrected chi connectivity index (χ4v) is 3.08. The number of nitrogens with one attached hydrogen (secondary N) is 1. The summed E-state index contributed by atoms with van der Waals surface area (Å²) < 4.78 is 15.5. The van der Waals surface area contributed by atoms with E-state index in [2.05, 4.69) is 14.6 Å². The molecule has 1 aliphatic carbocycles. The minimum absolute atomic E-state index is 0.0333. The third-order valence-corrected chi connectivity index (χ3v) is 4.45. The molecule has 0 aromatic carbocycles. The molecule has 0 amide bonds. The van der Waals surface area contributed by atoms with Gasteiger partial charge in [0.2, 0.25) is 20.6 Å². The second-order valence-corrected chi connectivity index (χ2v) is 6.56. The van der Waals surface area contributed by atoms with E-state index in [1.165, 1.54) is 7.11 Å². The predicted octanol–water partition coefficient (Wildman–Crippen LogP) is -1.41. The van der Waals surface area contributed by atoms with Crippen LogP contribution in [0.3, 0.4) is 0 Å². The average molecular weight is 375 g/mol. The Bertz CT molecular complexity index is 726. The number of aliphatic hydroxyl groups excluding tert-OH is 2. The van der Waals surface area contributed by atoms with Crippen LogP contribution in [-0.4, -0.2) is 63.1 Å². The summed E-state index contributed by atoms with van der Waals surface area (Å²) in [5.74, 6) is -0.0333. The number of rotatable bonds is 6. The summed E-state index contributed by atoms with van der Waals surface area (Å²) in [7, 11) is -0.810. The number of methoxy groups -OCH3 is 1. The molecule has 2 unspecified atom stereocenters. The van der Waals surface area contributed by atoms with Crippen LogP contribution in [0.25, 0.3) is 5.57 Å². The zero-order valence-corrected chi connectivity index (χ0v) is 14.1. The second-order valence-electron chi connectivity index (χ2n) is 5.42. The van der Waals surface area contributed by atoms with Gasteiger partial charge in [0.25, 0.3) is 5.56 Å². The second kappa shape index (κ2) is 7.44. The molecule has 11 nitrogen and oxygen atoms in total. The lowest BCUT2D eigenvalue weighted by Gasteiger charge is -2.19. The van der Waals surface area contributed by atoms with E-state index in [9.17, 15) is 14.8 Å². The van der Waals surface area contributed by atoms with Crippen molar-refractivity contribution in [2.45, 2.75) is 31.0 Å². The maximum absolute atomic E-state index is 12.0. The quantitative estimate of drug-likeness (QED) is 0.226. The predicted molar refractivity (Wildman–Crippen MR) is 84.8 cm³/mol. The highest BCUT2D eigenvalue weighted by Crippen LogP contribution is 2.38. The van der Waals surface area contributed by atoms with Crippen molar-refractivity contribution in [1.82, 2.24) is 9.97 Å². The SMILES string of the molecule is CO[C@H]1C(O)[C@@H](OOP(O)CO)O[C@H]1C1=CCc2c1nc(N)[nH]c2=O. The molecule has 6 N–H and O–H groups in total. The van der Waals surface area contributed by atoms with Gasteiger partial charge in [-0.2, -0.15) is 9.56 Å². The van der Waals surface area contributed by atoms with Crippen molar-refractivity contribution in [3.63, 3.8) is 0 Å². The number of hydrogen-bond acceptors (Lipinski definition) is 10. The van der Waals surface area contributed by atoms with Gasteiger partial charge in [-0.25, -0.2) is 4.98 Å². The number of fused-ring (bicyclic) bond motifs is 1. The average Bonchev–Trinajstić information content (AvgIpc) is 3.13. The molecule has 1 aliphatic heterocycles. The van der Waals surface area contributed by atoms with Crippen LogP contribution in [-0.2, 0) is 25.5 Å². The van der Waals surface area contributed by atoms with Crippen molar-refractivity contribution in [2.24, 2.45) is 0 Å². The highest BCUT2D eigenvalue weighted by molar-refractivity contribution is 7.45. The van der Waals surface area contributed by atoms with Gasteiger partial charge in [0, 0.05) is 18.2 Å². The molecule has 2 heterocycles. The molecule has 5 atom stereocenters. The van der Waals surface area contributed by atoms with Crippen LogP contribution in [0.5, 0.6) is 0 Å². The number of aliphatic hydroxyl groups is 2. The van der Waals surface area contributed by atoms with Gasteiger partial charge in [0.05, 0.1) is 5.69 Å². The first-order valence-corrected chi connectivity index (χ1v) is 8.72. The summed E-state index contributed by atoms with van der Waals surface area (Å²) in [6, 6.07) is 0. The van der Waals surface area contributed by atoms with E-state index < -0.39 is 39.3 Å². The summed E-state index contributed by atoms with van der Waals surface area (Å²) in [6.07, 6.45) is -2.65. The van der Waals surface area contributed by atoms with Crippen molar-refractivity contribution < 1.29 is 34.1 Å². The van der Waals surface area contributed by atoms with Crippen molar-refractivity contribution >= 4 is 19.9 Å². The smallest absolute Gasteiger partial charge is 0.256 e. The highest BCUT2D eigenvalue weighted by Gasteiger charge is 2.49. The molecule has 138 valence electrons. The number of nitrogens with zero attached hydrogens (tertiary/aromatic N) is 1. The van der Waals surface area contributed by atoms with E-state index in [-0.39, 0.29) is 11.5 Å². The Labute approximate surface area is 142 Å². The van der Waals surface area contributed by atoms with Crippen molar-refractivity contribution in [1.29, 1.82) is 0 Å². The largest absolute Gasteiger partial charge is 0.387 e. The molecule has 2 aliphatic rings. The topological polar surface area (TPSA) is 169 Å². The molecule has 0 radical (unpaired) electrons. The monoisotopic (exact) mass is 375 g/mol. The van der Waals surface area contributed by atoms with Crippen LogP contribution in [0.15, 0.2) is 10.9 Å². The number of nitrogens with two attached hydrogens (primary N) is 1. The van der Waals surface area contributed by atoms with Gasteiger partial charge in [-0.15, -0.1) is 0 Å². The number of aromatic amines is 1. The van der Waals surface area contributed by atoms with Gasteiger partial charge in [-0.3, -0.25) is 9.78 Å². The zero-order valence-electron chi connectivity index (χ0n) is 13.2. The van der Waals surface area contributed by atoms with Gasteiger partial charge in [-0.05, 0) is 6.42 Å². The minimum atomic E-state index is -2.20. The number of hydrogen-bond donors (Lipinski definition) is 5. The van der Waals surface area contributed by atoms with Crippen LogP contribution in [0.1, 0.15) is 11.3 Å². The highest BCUT2D eigenvalue weighted by atomic mass is 31.2. The van der Waals surface area contributed by atoms with Crippen LogP contribution >= 0.6 is 8.38 Å². The first kappa shape index (κ1) is 18.4. The number of ether oxygens (including phenoxy) is 2. The Hall–Kier alpha value is -1.43. The first-order valence-electron chi connectivity index (χ1n) is 7.32. The standard InChI is InChI=1S/C13H18N3O8P/c1-21-10-8(18)12(23-24-25(20)4-17)22-9(10)5-2-3-6-7(5)15-13(14)16-11(6)19/h2,8-10,12,17-18,20H,3-4H2,1H3,(H3,14,15,16,19)/t8?,9-,10-,12+,25?/m0/s1. The molecule has 0 bridgehead atoms. The van der Waals surface area contributed by atoms with Crippen LogP contribution in [0.2, 0.25) is 0 Å². The maximum Gasteiger partial charge on any atom is 0.256 e. The number of nitrogen functional groups attached to an aromatic ring is 1. The van der Waals surface area contributed by atoms with Crippen molar-refractivity contribution in [2.75, 3.05) is 19.2 Å². The Morgan fingerprint density at radius 2 is 2.32 bits per heavy atom. The van der Waals surface area contributed by atoms with Gasteiger partial charge in [0.15, 0.2) is 0 Å². The lowest BCUT2D eigenvalue weighted by atomic mass is 10.0. The van der Waals surface area contributed by atoms with E-state index in [0.29, 0.717) is 23.3 Å². The summed E-state index contributed by atoms with van der Waals surface area (Å²) in [5, 5.41) is 19.0. The minimum Gasteiger partial charge on any atom is -0.387 e. The normalized spacial score (nSPS) is 29.5. The van der Waals surface area contributed by atoms with E-state index in [1.54, 1.807) is 6.08 Å². The Balaban J connectivity index is 1.83. The molecule has 0 saturated carbocycles. The van der Waals surface area contributed by atoms with Crippen molar-refractivity contribution in [3.8, 4) is 0 Å². The van der Waals surface area contributed by atoms with E-state index in [1.807, 2.05) is 0 Å². The Kier molecular flexibility index (Phi) is 5.46. The summed E-state index contributed by atoms with van der Waals surface area (Å²) in [5.41, 5.74) is 6.62. The van der Waals surface area contributed by atoms with E-state index in [0.717, 1.165) is 0 Å². The lowest BCUT2D eigenvalue weighted by molar-refractivity contribution is -0.327. The van der Waals surface area contributed by atoms with E-state index in [4.69, 9.17) is 25.2 Å². The number of H-pyrrole nitrogens is 1. The summed E-state index contributed by atoms with van der Waals surface area (Å²) >= 11 is 0. The third-order valence-electron chi connectivity index (χ3n) is 3.95. The fourth-order valence-electron chi connectivity index (χ4n) is 2.85. The maximum atomic E-state index is 12.0. The van der Waals surface area contributed by atoms with Crippen LogP contribution in [0.4, 0.5) is 5.95 Å². The summed E-state index contributed by atoms with van der Waals surface area (Å²) in [6.45, 7) is 0. The number of allylic oxidation sites excluding steroid dienone is 1. The van der Waals surface area contributed by atoms with Crippen LogP contribution < -0.4 is 11.3 Å². The molecule has 1 aromatic heterocycles. The number of anilines is 1.